The van der Waals surface area contributed by atoms with Gasteiger partial charge in [-0.25, -0.2) is 4.79 Å². The van der Waals surface area contributed by atoms with Crippen molar-refractivity contribution >= 4 is 11.8 Å². The van der Waals surface area contributed by atoms with Crippen molar-refractivity contribution in [1.29, 1.82) is 5.26 Å². The Labute approximate surface area is 185 Å². The molecule has 0 heterocycles. The maximum Gasteiger partial charge on any atom is 0.407 e. The first-order valence-electron chi connectivity index (χ1n) is 10.2. The van der Waals surface area contributed by atoms with Crippen LogP contribution in [0.15, 0.2) is 66.7 Å². The van der Waals surface area contributed by atoms with Crippen molar-refractivity contribution in [1.82, 2.24) is 5.32 Å². The van der Waals surface area contributed by atoms with Crippen LogP contribution < -0.4 is 11.1 Å². The molecule has 3 aromatic carbocycles. The molecule has 2 atom stereocenters. The van der Waals surface area contributed by atoms with Gasteiger partial charge >= 0.3 is 6.09 Å². The van der Waals surface area contributed by atoms with E-state index in [1.54, 1.807) is 0 Å². The van der Waals surface area contributed by atoms with Gasteiger partial charge in [-0.15, -0.1) is 0 Å². The molecule has 1 amide bonds. The number of aliphatic hydroxyl groups is 2. The van der Waals surface area contributed by atoms with E-state index in [0.717, 1.165) is 22.3 Å². The molecule has 3 aromatic rings. The van der Waals surface area contributed by atoms with E-state index in [2.05, 4.69) is 17.4 Å². The lowest BCUT2D eigenvalue weighted by Gasteiger charge is -2.20. The quantitative estimate of drug-likeness (QED) is 0.446. The number of nitrogens with one attached hydrogen (secondary N) is 1. The molecule has 32 heavy (non-hydrogen) atoms. The van der Waals surface area contributed by atoms with Gasteiger partial charge < -0.3 is 26.0 Å². The zero-order chi connectivity index (χ0) is 22.7. The second kappa shape index (κ2) is 9.10. The summed E-state index contributed by atoms with van der Waals surface area (Å²) >= 11 is 0. The molecule has 1 aliphatic carbocycles. The van der Waals surface area contributed by atoms with Crippen molar-refractivity contribution in [3.63, 3.8) is 0 Å². The van der Waals surface area contributed by atoms with Crippen molar-refractivity contribution in [3.05, 3.63) is 89.0 Å². The van der Waals surface area contributed by atoms with Gasteiger partial charge in [0.15, 0.2) is 0 Å². The summed E-state index contributed by atoms with van der Waals surface area (Å²) in [6, 6.07) is 22.4. The Balaban J connectivity index is 1.34. The van der Waals surface area contributed by atoms with Gasteiger partial charge in [-0.05, 0) is 39.9 Å². The van der Waals surface area contributed by atoms with Gasteiger partial charge in [-0.2, -0.15) is 5.26 Å². The third-order valence-electron chi connectivity index (χ3n) is 5.70. The fourth-order valence-electron chi connectivity index (χ4n) is 4.03. The fraction of sp³-hybridized carbons (Fsp3) is 0.200. The maximum atomic E-state index is 12.2. The molecule has 0 spiro atoms. The zero-order valence-electron chi connectivity index (χ0n) is 17.2. The summed E-state index contributed by atoms with van der Waals surface area (Å²) < 4.78 is 5.43. The Morgan fingerprint density at radius 2 is 1.69 bits per heavy atom. The highest BCUT2D eigenvalue weighted by Crippen LogP contribution is 2.44. The average molecular weight is 429 g/mol. The smallest absolute Gasteiger partial charge is 0.407 e. The number of amides is 1. The molecule has 5 N–H and O–H groups in total. The van der Waals surface area contributed by atoms with E-state index in [4.69, 9.17) is 15.7 Å². The minimum atomic E-state index is -1.29. The monoisotopic (exact) mass is 429 g/mol. The molecule has 0 bridgehead atoms. The first-order chi connectivity index (χ1) is 15.5. The molecular formula is C25H23N3O4. The molecule has 2 unspecified atom stereocenters. The normalized spacial score (nSPS) is 14.0. The molecule has 0 aliphatic heterocycles. The summed E-state index contributed by atoms with van der Waals surface area (Å²) in [4.78, 5) is 12.2. The number of hydrogen-bond acceptors (Lipinski definition) is 6. The SMILES string of the molecule is N#Cc1cc(C(O)C(O)CNC(=O)OCC2c3ccccc3-c3ccccc32)ccc1N. The number of alkyl carbamates (subject to hydrolysis) is 1. The number of hydrogen-bond donors (Lipinski definition) is 4. The first kappa shape index (κ1) is 21.4. The number of nitriles is 1. The Kier molecular flexibility index (Phi) is 6.08. The second-order valence-corrected chi connectivity index (χ2v) is 7.68. The Bertz CT molecular complexity index is 1140. The number of rotatable bonds is 6. The summed E-state index contributed by atoms with van der Waals surface area (Å²) in [6.07, 6.45) is -3.27. The molecular weight excluding hydrogens is 406 g/mol. The number of benzene rings is 3. The van der Waals surface area contributed by atoms with E-state index in [1.807, 2.05) is 42.5 Å². The second-order valence-electron chi connectivity index (χ2n) is 7.68. The van der Waals surface area contributed by atoms with Crippen LogP contribution in [0.4, 0.5) is 10.5 Å². The average Bonchev–Trinajstić information content (AvgIpc) is 3.14. The van der Waals surface area contributed by atoms with Crippen molar-refractivity contribution in [2.75, 3.05) is 18.9 Å². The van der Waals surface area contributed by atoms with Crippen LogP contribution >= 0.6 is 0 Å². The van der Waals surface area contributed by atoms with Crippen LogP contribution in [0, 0.1) is 11.3 Å². The molecule has 4 rings (SSSR count). The molecule has 0 saturated carbocycles. The summed E-state index contributed by atoms with van der Waals surface area (Å²) in [7, 11) is 0. The van der Waals surface area contributed by atoms with E-state index in [9.17, 15) is 15.0 Å². The summed E-state index contributed by atoms with van der Waals surface area (Å²) in [5.74, 6) is -0.0668. The zero-order valence-corrected chi connectivity index (χ0v) is 17.2. The maximum absolute atomic E-state index is 12.2. The van der Waals surface area contributed by atoms with Gasteiger partial charge in [-0.3, -0.25) is 0 Å². The van der Waals surface area contributed by atoms with E-state index < -0.39 is 18.3 Å². The first-order valence-corrected chi connectivity index (χ1v) is 10.2. The van der Waals surface area contributed by atoms with Gasteiger partial charge in [0.05, 0.1) is 5.56 Å². The third-order valence-corrected chi connectivity index (χ3v) is 5.70. The van der Waals surface area contributed by atoms with Crippen LogP contribution in [0.1, 0.15) is 34.3 Å². The van der Waals surface area contributed by atoms with Crippen molar-refractivity contribution in [3.8, 4) is 17.2 Å². The van der Waals surface area contributed by atoms with Crippen LogP contribution in [0.5, 0.6) is 0 Å². The number of carbonyl (C=O) groups excluding carboxylic acids is 1. The Morgan fingerprint density at radius 3 is 2.31 bits per heavy atom. The van der Waals surface area contributed by atoms with Crippen LogP contribution in [0.2, 0.25) is 0 Å². The number of fused-ring (bicyclic) bond motifs is 3. The van der Waals surface area contributed by atoms with Gasteiger partial charge in [-0.1, -0.05) is 54.6 Å². The molecule has 7 heteroatoms. The third kappa shape index (κ3) is 4.14. The standard InChI is InChI=1S/C25H23N3O4/c26-12-16-11-15(9-10-22(16)27)24(30)23(29)13-28-25(31)32-14-21-19-7-3-1-5-17(19)18-6-2-4-8-20(18)21/h1-11,21,23-24,29-30H,13-14,27H2,(H,28,31). The minimum absolute atomic E-state index is 0.0668. The van der Waals surface area contributed by atoms with E-state index >= 15 is 0 Å². The summed E-state index contributed by atoms with van der Waals surface area (Å²) in [5, 5.41) is 32.1. The number of aliphatic hydroxyl groups excluding tert-OH is 2. The molecule has 0 radical (unpaired) electrons. The summed E-state index contributed by atoms with van der Waals surface area (Å²) in [6.45, 7) is -0.0634. The van der Waals surface area contributed by atoms with Gasteiger partial charge in [0.2, 0.25) is 0 Å². The number of nitrogens with two attached hydrogens (primary N) is 1. The van der Waals surface area contributed by atoms with Crippen LogP contribution in [0.25, 0.3) is 11.1 Å². The van der Waals surface area contributed by atoms with Gasteiger partial charge in [0.1, 0.15) is 24.9 Å². The topological polar surface area (TPSA) is 129 Å². The number of nitrogen functional groups attached to an aromatic ring is 1. The molecule has 0 saturated heterocycles. The van der Waals surface area contributed by atoms with Crippen molar-refractivity contribution in [2.24, 2.45) is 0 Å². The lowest BCUT2D eigenvalue weighted by atomic mass is 9.98. The molecule has 0 fully saturated rings. The molecule has 7 nitrogen and oxygen atoms in total. The number of nitrogens with zero attached hydrogens (tertiary/aromatic N) is 1. The van der Waals surface area contributed by atoms with E-state index in [1.165, 1.54) is 18.2 Å². The molecule has 1 aliphatic rings. The van der Waals surface area contributed by atoms with Crippen molar-refractivity contribution in [2.45, 2.75) is 18.1 Å². The Morgan fingerprint density at radius 1 is 1.06 bits per heavy atom. The lowest BCUT2D eigenvalue weighted by molar-refractivity contribution is 0.0185. The van der Waals surface area contributed by atoms with E-state index in [-0.39, 0.29) is 30.3 Å². The number of anilines is 1. The highest BCUT2D eigenvalue weighted by atomic mass is 16.5. The van der Waals surface area contributed by atoms with Crippen LogP contribution in [0.3, 0.4) is 0 Å². The van der Waals surface area contributed by atoms with Crippen LogP contribution in [-0.4, -0.2) is 35.6 Å². The van der Waals surface area contributed by atoms with Crippen molar-refractivity contribution < 1.29 is 19.7 Å². The summed E-state index contributed by atoms with van der Waals surface area (Å²) in [5.41, 5.74) is 11.0. The predicted molar refractivity (Wildman–Crippen MR) is 120 cm³/mol. The minimum Gasteiger partial charge on any atom is -0.449 e. The molecule has 0 aromatic heterocycles. The highest BCUT2D eigenvalue weighted by molar-refractivity contribution is 5.79. The highest BCUT2D eigenvalue weighted by Gasteiger charge is 2.29. The fourth-order valence-corrected chi connectivity index (χ4v) is 4.03. The van der Waals surface area contributed by atoms with E-state index in [0.29, 0.717) is 5.56 Å². The number of carbonyl (C=O) groups is 1. The van der Waals surface area contributed by atoms with Crippen LogP contribution in [-0.2, 0) is 4.74 Å². The lowest BCUT2D eigenvalue weighted by Crippen LogP contribution is -2.36. The largest absolute Gasteiger partial charge is 0.449 e. The van der Waals surface area contributed by atoms with Gasteiger partial charge in [0.25, 0.3) is 0 Å². The number of ether oxygens (including phenoxy) is 1. The Hall–Kier alpha value is -3.86. The van der Waals surface area contributed by atoms with Gasteiger partial charge in [0, 0.05) is 18.2 Å². The molecule has 162 valence electrons. The predicted octanol–water partition coefficient (Wildman–Crippen LogP) is 3.07.